The lowest BCUT2D eigenvalue weighted by Crippen LogP contribution is -2.48. The van der Waals surface area contributed by atoms with Gasteiger partial charge in [0.05, 0.1) is 16.3 Å². The molecule has 2 amide bonds. The molecule has 1 aromatic rings. The number of urea groups is 1. The van der Waals surface area contributed by atoms with Crippen LogP contribution in [-0.2, 0) is 0 Å². The zero-order chi connectivity index (χ0) is 14.7. The van der Waals surface area contributed by atoms with Gasteiger partial charge in [-0.3, -0.25) is 0 Å². The lowest BCUT2D eigenvalue weighted by atomic mass is 10.2. The van der Waals surface area contributed by atoms with E-state index in [1.54, 1.807) is 4.90 Å². The van der Waals surface area contributed by atoms with Gasteiger partial charge in [0.25, 0.3) is 0 Å². The summed E-state index contributed by atoms with van der Waals surface area (Å²) in [5, 5.41) is 11.9. The van der Waals surface area contributed by atoms with Crippen molar-refractivity contribution < 1.29 is 14.7 Å². The highest BCUT2D eigenvalue weighted by atomic mass is 35.5. The molecule has 7 heteroatoms. The second-order valence-corrected chi connectivity index (χ2v) is 5.13. The minimum atomic E-state index is -1.06. The summed E-state index contributed by atoms with van der Waals surface area (Å²) in [6.07, 6.45) is 0. The lowest BCUT2D eigenvalue weighted by molar-refractivity contribution is 0.0697. The summed E-state index contributed by atoms with van der Waals surface area (Å²) in [5.74, 6) is -1.06. The summed E-state index contributed by atoms with van der Waals surface area (Å²) in [5.41, 5.74) is 0.401. The molecule has 2 N–H and O–H groups in total. The number of rotatable bonds is 2. The van der Waals surface area contributed by atoms with Gasteiger partial charge in [0, 0.05) is 26.2 Å². The van der Waals surface area contributed by atoms with Crippen LogP contribution in [0.5, 0.6) is 0 Å². The molecule has 1 saturated heterocycles. The maximum atomic E-state index is 12.1. The predicted octanol–water partition coefficient (Wildman–Crippen LogP) is 1.82. The van der Waals surface area contributed by atoms with E-state index in [9.17, 15) is 9.59 Å². The molecule has 0 radical (unpaired) electrons. The van der Waals surface area contributed by atoms with Crippen LogP contribution in [0, 0.1) is 0 Å². The Bertz CT molecular complexity index is 528. The normalized spacial score (nSPS) is 16.0. The van der Waals surface area contributed by atoms with Crippen molar-refractivity contribution in [3.05, 3.63) is 28.8 Å². The van der Waals surface area contributed by atoms with Crippen molar-refractivity contribution >= 4 is 29.3 Å². The fraction of sp³-hybridized carbons (Fsp3) is 0.385. The standard InChI is InChI=1S/C13H16ClN3O3/c1-16-4-6-17(7-5-16)13(20)15-11-8-9(12(18)19)2-3-10(11)14/h2-3,8H,4-7H2,1H3,(H,15,20)(H,18,19). The SMILES string of the molecule is CN1CCN(C(=O)Nc2cc(C(=O)O)ccc2Cl)CC1. The molecule has 20 heavy (non-hydrogen) atoms. The molecular weight excluding hydrogens is 282 g/mol. The maximum absolute atomic E-state index is 12.1. The van der Waals surface area contributed by atoms with E-state index in [4.69, 9.17) is 16.7 Å². The van der Waals surface area contributed by atoms with Crippen LogP contribution in [0.2, 0.25) is 5.02 Å². The van der Waals surface area contributed by atoms with Crippen LogP contribution in [0.25, 0.3) is 0 Å². The van der Waals surface area contributed by atoms with Crippen LogP contribution < -0.4 is 5.32 Å². The minimum Gasteiger partial charge on any atom is -0.478 e. The van der Waals surface area contributed by atoms with Gasteiger partial charge in [0.1, 0.15) is 0 Å². The Kier molecular flexibility index (Phi) is 4.46. The summed E-state index contributed by atoms with van der Waals surface area (Å²) in [7, 11) is 2.00. The third kappa shape index (κ3) is 3.40. The van der Waals surface area contributed by atoms with E-state index < -0.39 is 5.97 Å². The second kappa shape index (κ2) is 6.11. The number of nitrogens with zero attached hydrogens (tertiary/aromatic N) is 2. The highest BCUT2D eigenvalue weighted by Crippen LogP contribution is 2.23. The molecule has 1 fully saturated rings. The number of halogens is 1. The predicted molar refractivity (Wildman–Crippen MR) is 76.5 cm³/mol. The number of nitrogens with one attached hydrogen (secondary N) is 1. The molecule has 1 aliphatic heterocycles. The maximum Gasteiger partial charge on any atom is 0.335 e. The van der Waals surface area contributed by atoms with Crippen molar-refractivity contribution in [2.24, 2.45) is 0 Å². The number of hydrogen-bond acceptors (Lipinski definition) is 3. The molecule has 0 bridgehead atoms. The van der Waals surface area contributed by atoms with Crippen LogP contribution in [-0.4, -0.2) is 60.1 Å². The fourth-order valence-electron chi connectivity index (χ4n) is 1.96. The summed E-state index contributed by atoms with van der Waals surface area (Å²) < 4.78 is 0. The minimum absolute atomic E-state index is 0.0862. The molecule has 1 aliphatic rings. The van der Waals surface area contributed by atoms with E-state index in [1.165, 1.54) is 18.2 Å². The lowest BCUT2D eigenvalue weighted by Gasteiger charge is -2.32. The first-order valence-electron chi connectivity index (χ1n) is 6.24. The number of benzene rings is 1. The van der Waals surface area contributed by atoms with E-state index in [-0.39, 0.29) is 11.6 Å². The number of anilines is 1. The molecule has 0 atom stereocenters. The highest BCUT2D eigenvalue weighted by Gasteiger charge is 2.20. The van der Waals surface area contributed by atoms with Gasteiger partial charge in [-0.1, -0.05) is 11.6 Å². The monoisotopic (exact) mass is 297 g/mol. The van der Waals surface area contributed by atoms with E-state index >= 15 is 0 Å². The first-order chi connectivity index (χ1) is 9.47. The number of piperazine rings is 1. The summed E-state index contributed by atoms with van der Waals surface area (Å²) >= 11 is 5.97. The Balaban J connectivity index is 2.07. The summed E-state index contributed by atoms with van der Waals surface area (Å²) in [6, 6.07) is 3.96. The van der Waals surface area contributed by atoms with Gasteiger partial charge in [0.15, 0.2) is 0 Å². The molecule has 0 saturated carbocycles. The van der Waals surface area contributed by atoms with Crippen LogP contribution in [0.15, 0.2) is 18.2 Å². The van der Waals surface area contributed by atoms with Crippen LogP contribution in [0.4, 0.5) is 10.5 Å². The largest absolute Gasteiger partial charge is 0.478 e. The van der Waals surface area contributed by atoms with Gasteiger partial charge in [-0.2, -0.15) is 0 Å². The van der Waals surface area contributed by atoms with Gasteiger partial charge in [-0.05, 0) is 25.2 Å². The molecule has 0 spiro atoms. The number of likely N-dealkylation sites (N-methyl/N-ethyl adjacent to an activating group) is 1. The van der Waals surface area contributed by atoms with Gasteiger partial charge < -0.3 is 20.2 Å². The van der Waals surface area contributed by atoms with E-state index in [1.807, 2.05) is 7.05 Å². The molecule has 2 rings (SSSR count). The van der Waals surface area contributed by atoms with Gasteiger partial charge >= 0.3 is 12.0 Å². The van der Waals surface area contributed by atoms with Gasteiger partial charge in [-0.25, -0.2) is 9.59 Å². The van der Waals surface area contributed by atoms with E-state index in [0.717, 1.165) is 13.1 Å². The number of hydrogen-bond donors (Lipinski definition) is 2. The number of carboxylic acid groups (broad SMARTS) is 1. The smallest absolute Gasteiger partial charge is 0.335 e. The Morgan fingerprint density at radius 3 is 2.50 bits per heavy atom. The fourth-order valence-corrected chi connectivity index (χ4v) is 2.12. The van der Waals surface area contributed by atoms with Crippen molar-refractivity contribution in [3.8, 4) is 0 Å². The van der Waals surface area contributed by atoms with E-state index in [2.05, 4.69) is 10.2 Å². The molecule has 0 aromatic heterocycles. The molecular formula is C13H16ClN3O3. The van der Waals surface area contributed by atoms with Gasteiger partial charge in [0.2, 0.25) is 0 Å². The molecule has 1 aromatic carbocycles. The number of aromatic carboxylic acids is 1. The van der Waals surface area contributed by atoms with Crippen LogP contribution in [0.3, 0.4) is 0 Å². The number of carboxylic acids is 1. The Morgan fingerprint density at radius 2 is 1.90 bits per heavy atom. The third-order valence-corrected chi connectivity index (χ3v) is 3.57. The number of carbonyl (C=O) groups excluding carboxylic acids is 1. The molecule has 6 nitrogen and oxygen atoms in total. The average Bonchev–Trinajstić information content (AvgIpc) is 2.41. The Hall–Kier alpha value is -1.79. The van der Waals surface area contributed by atoms with Crippen LogP contribution >= 0.6 is 11.6 Å². The van der Waals surface area contributed by atoms with Crippen molar-refractivity contribution in [2.75, 3.05) is 38.5 Å². The summed E-state index contributed by atoms with van der Waals surface area (Å²) in [4.78, 5) is 26.8. The first kappa shape index (κ1) is 14.6. The summed E-state index contributed by atoms with van der Waals surface area (Å²) in [6.45, 7) is 2.91. The Labute approximate surface area is 121 Å². The van der Waals surface area contributed by atoms with Crippen molar-refractivity contribution in [1.29, 1.82) is 0 Å². The van der Waals surface area contributed by atoms with Crippen LogP contribution in [0.1, 0.15) is 10.4 Å². The number of amides is 2. The second-order valence-electron chi connectivity index (χ2n) is 4.72. The van der Waals surface area contributed by atoms with Crippen molar-refractivity contribution in [1.82, 2.24) is 9.80 Å². The number of carbonyl (C=O) groups is 2. The van der Waals surface area contributed by atoms with E-state index in [0.29, 0.717) is 23.8 Å². The molecule has 0 unspecified atom stereocenters. The topological polar surface area (TPSA) is 72.9 Å². The highest BCUT2D eigenvalue weighted by molar-refractivity contribution is 6.33. The zero-order valence-electron chi connectivity index (χ0n) is 11.1. The van der Waals surface area contributed by atoms with Gasteiger partial charge in [-0.15, -0.1) is 0 Å². The van der Waals surface area contributed by atoms with Crippen molar-refractivity contribution in [2.45, 2.75) is 0 Å². The quantitative estimate of drug-likeness (QED) is 0.873. The Morgan fingerprint density at radius 1 is 1.25 bits per heavy atom. The first-order valence-corrected chi connectivity index (χ1v) is 6.62. The third-order valence-electron chi connectivity index (χ3n) is 3.25. The molecule has 0 aliphatic carbocycles. The average molecular weight is 298 g/mol. The zero-order valence-corrected chi connectivity index (χ0v) is 11.9. The molecule has 1 heterocycles. The molecule has 108 valence electrons. The van der Waals surface area contributed by atoms with Crippen molar-refractivity contribution in [3.63, 3.8) is 0 Å².